The van der Waals surface area contributed by atoms with Gasteiger partial charge in [0.15, 0.2) is 11.6 Å². The molecule has 1 aromatic rings. The first kappa shape index (κ1) is 16.5. The van der Waals surface area contributed by atoms with Crippen molar-refractivity contribution in [2.24, 2.45) is 0 Å². The van der Waals surface area contributed by atoms with Crippen molar-refractivity contribution in [1.29, 1.82) is 0 Å². The first-order valence-electron chi connectivity index (χ1n) is 7.15. The molecule has 0 atom stereocenters. The van der Waals surface area contributed by atoms with E-state index in [1.807, 2.05) is 0 Å². The molecule has 0 amide bonds. The zero-order valence-electron chi connectivity index (χ0n) is 12.3. The van der Waals surface area contributed by atoms with E-state index in [1.165, 1.54) is 13.2 Å². The van der Waals surface area contributed by atoms with E-state index in [4.69, 9.17) is 4.74 Å². The fraction of sp³-hybridized carbons (Fsp3) is 0.562. The molecule has 20 heavy (non-hydrogen) atoms. The molecule has 4 heteroatoms. The molecule has 0 saturated heterocycles. The number of esters is 1. The zero-order valence-corrected chi connectivity index (χ0v) is 12.3. The largest absolute Gasteiger partial charge is 0.491 e. The number of carbonyl (C=O) groups is 1. The molecule has 0 saturated carbocycles. The second-order valence-electron chi connectivity index (χ2n) is 4.75. The Morgan fingerprint density at radius 1 is 1.25 bits per heavy atom. The van der Waals surface area contributed by atoms with Gasteiger partial charge in [-0.25, -0.2) is 4.39 Å². The van der Waals surface area contributed by atoms with Crippen LogP contribution in [0.25, 0.3) is 0 Å². The molecule has 0 heterocycles. The first-order valence-corrected chi connectivity index (χ1v) is 7.15. The summed E-state index contributed by atoms with van der Waals surface area (Å²) < 4.78 is 23.6. The van der Waals surface area contributed by atoms with E-state index in [1.54, 1.807) is 12.1 Å². The summed E-state index contributed by atoms with van der Waals surface area (Å²) in [7, 11) is 1.39. The van der Waals surface area contributed by atoms with Gasteiger partial charge in [-0.1, -0.05) is 19.4 Å². The van der Waals surface area contributed by atoms with Crippen LogP contribution in [0, 0.1) is 5.82 Å². The maximum absolute atomic E-state index is 13.6. The fourth-order valence-electron chi connectivity index (χ4n) is 1.93. The summed E-state index contributed by atoms with van der Waals surface area (Å²) in [5.41, 5.74) is 1.09. The van der Waals surface area contributed by atoms with Gasteiger partial charge in [-0.05, 0) is 43.4 Å². The van der Waals surface area contributed by atoms with Crippen molar-refractivity contribution < 1.29 is 18.7 Å². The fourth-order valence-corrected chi connectivity index (χ4v) is 1.93. The number of hydrogen-bond acceptors (Lipinski definition) is 3. The lowest BCUT2D eigenvalue weighted by molar-refractivity contribution is -0.140. The van der Waals surface area contributed by atoms with Gasteiger partial charge in [0.05, 0.1) is 13.7 Å². The second-order valence-corrected chi connectivity index (χ2v) is 4.75. The van der Waals surface area contributed by atoms with Crippen molar-refractivity contribution in [3.05, 3.63) is 29.6 Å². The Balaban J connectivity index is 2.27. The number of hydrogen-bond donors (Lipinski definition) is 0. The van der Waals surface area contributed by atoms with Gasteiger partial charge in [0.25, 0.3) is 0 Å². The van der Waals surface area contributed by atoms with Crippen LogP contribution in [0.3, 0.4) is 0 Å². The van der Waals surface area contributed by atoms with Gasteiger partial charge in [0.2, 0.25) is 0 Å². The molecule has 3 nitrogen and oxygen atoms in total. The Hall–Kier alpha value is -1.58. The van der Waals surface area contributed by atoms with Crippen LogP contribution in [0.5, 0.6) is 5.75 Å². The highest BCUT2D eigenvalue weighted by atomic mass is 19.1. The Kier molecular flexibility index (Phi) is 7.70. The van der Waals surface area contributed by atoms with E-state index in [0.717, 1.165) is 37.7 Å². The van der Waals surface area contributed by atoms with Crippen LogP contribution in [-0.2, 0) is 16.0 Å². The van der Waals surface area contributed by atoms with E-state index in [2.05, 4.69) is 11.7 Å². The molecule has 112 valence electrons. The van der Waals surface area contributed by atoms with Crippen molar-refractivity contribution in [2.75, 3.05) is 13.7 Å². The van der Waals surface area contributed by atoms with Crippen LogP contribution >= 0.6 is 0 Å². The molecule has 0 aromatic heterocycles. The molecule has 0 bridgehead atoms. The minimum Gasteiger partial charge on any atom is -0.491 e. The Morgan fingerprint density at radius 2 is 2.05 bits per heavy atom. The summed E-state index contributed by atoms with van der Waals surface area (Å²) in [5, 5.41) is 0. The van der Waals surface area contributed by atoms with Crippen LogP contribution in [0.1, 0.15) is 44.6 Å². The Morgan fingerprint density at radius 3 is 2.75 bits per heavy atom. The lowest BCUT2D eigenvalue weighted by Gasteiger charge is -2.09. The lowest BCUT2D eigenvalue weighted by atomic mass is 10.1. The average molecular weight is 282 g/mol. The third kappa shape index (κ3) is 6.04. The van der Waals surface area contributed by atoms with Crippen LogP contribution < -0.4 is 4.74 Å². The maximum atomic E-state index is 13.6. The predicted octanol–water partition coefficient (Wildman–Crippen LogP) is 3.89. The number of methoxy groups -OCH3 is 1. The van der Waals surface area contributed by atoms with Crippen LogP contribution in [0.2, 0.25) is 0 Å². The van der Waals surface area contributed by atoms with Crippen molar-refractivity contribution in [2.45, 2.75) is 45.4 Å². The van der Waals surface area contributed by atoms with E-state index in [9.17, 15) is 9.18 Å². The smallest absolute Gasteiger partial charge is 0.305 e. The summed E-state index contributed by atoms with van der Waals surface area (Å²) >= 11 is 0. The summed E-state index contributed by atoms with van der Waals surface area (Å²) in [4.78, 5) is 10.9. The molecule has 0 unspecified atom stereocenters. The number of carbonyl (C=O) groups excluding carboxylic acids is 1. The molecule has 1 aromatic carbocycles. The van der Waals surface area contributed by atoms with Crippen LogP contribution in [-0.4, -0.2) is 19.7 Å². The van der Waals surface area contributed by atoms with Crippen molar-refractivity contribution >= 4 is 5.97 Å². The van der Waals surface area contributed by atoms with Gasteiger partial charge >= 0.3 is 5.97 Å². The Labute approximate surface area is 120 Å². The second kappa shape index (κ2) is 9.34. The van der Waals surface area contributed by atoms with Crippen molar-refractivity contribution in [3.63, 3.8) is 0 Å². The number of rotatable bonds is 9. The summed E-state index contributed by atoms with van der Waals surface area (Å²) in [6.45, 7) is 2.55. The monoisotopic (exact) mass is 282 g/mol. The van der Waals surface area contributed by atoms with Gasteiger partial charge in [-0.15, -0.1) is 0 Å². The van der Waals surface area contributed by atoms with E-state index in [-0.39, 0.29) is 11.8 Å². The van der Waals surface area contributed by atoms with Crippen molar-refractivity contribution in [3.8, 4) is 5.75 Å². The minimum atomic E-state index is -0.320. The highest BCUT2D eigenvalue weighted by molar-refractivity contribution is 5.68. The molecule has 0 aliphatic rings. The van der Waals surface area contributed by atoms with E-state index < -0.39 is 0 Å². The SMILES string of the molecule is CCCc1ccc(F)c(OCCCCCC(=O)OC)c1. The molecule has 0 fully saturated rings. The van der Waals surface area contributed by atoms with Gasteiger partial charge in [0, 0.05) is 6.42 Å². The predicted molar refractivity (Wildman–Crippen MR) is 76.4 cm³/mol. The molecule has 0 N–H and O–H groups in total. The highest BCUT2D eigenvalue weighted by Gasteiger charge is 2.05. The average Bonchev–Trinajstić information content (AvgIpc) is 2.45. The number of aryl methyl sites for hydroxylation is 1. The topological polar surface area (TPSA) is 35.5 Å². The normalized spacial score (nSPS) is 10.3. The van der Waals surface area contributed by atoms with E-state index >= 15 is 0 Å². The Bertz CT molecular complexity index is 418. The van der Waals surface area contributed by atoms with Gasteiger partial charge in [0.1, 0.15) is 0 Å². The first-order chi connectivity index (χ1) is 9.67. The highest BCUT2D eigenvalue weighted by Crippen LogP contribution is 2.20. The summed E-state index contributed by atoms with van der Waals surface area (Å²) in [6.07, 6.45) is 4.82. The molecular weight excluding hydrogens is 259 g/mol. The zero-order chi connectivity index (χ0) is 14.8. The van der Waals surface area contributed by atoms with Crippen molar-refractivity contribution in [1.82, 2.24) is 0 Å². The third-order valence-corrected chi connectivity index (χ3v) is 3.04. The maximum Gasteiger partial charge on any atom is 0.305 e. The quantitative estimate of drug-likeness (QED) is 0.509. The molecule has 0 aliphatic heterocycles. The van der Waals surface area contributed by atoms with E-state index in [0.29, 0.717) is 18.8 Å². The molecular formula is C16H23FO3. The van der Waals surface area contributed by atoms with Crippen LogP contribution in [0.15, 0.2) is 18.2 Å². The number of benzene rings is 1. The van der Waals surface area contributed by atoms with Gasteiger partial charge in [-0.3, -0.25) is 4.79 Å². The minimum absolute atomic E-state index is 0.191. The molecule has 0 spiro atoms. The molecule has 1 rings (SSSR count). The lowest BCUT2D eigenvalue weighted by Crippen LogP contribution is -2.02. The summed E-state index contributed by atoms with van der Waals surface area (Å²) in [5.74, 6) is -0.187. The number of ether oxygens (including phenoxy) is 2. The van der Waals surface area contributed by atoms with Gasteiger partial charge < -0.3 is 9.47 Å². The standard InChI is InChI=1S/C16H23FO3/c1-3-7-13-9-10-14(17)15(12-13)20-11-6-4-5-8-16(18)19-2/h9-10,12H,3-8,11H2,1-2H3. The molecule has 0 aliphatic carbocycles. The summed E-state index contributed by atoms with van der Waals surface area (Å²) in [6, 6.07) is 5.02. The van der Waals surface area contributed by atoms with Gasteiger partial charge in [-0.2, -0.15) is 0 Å². The molecule has 0 radical (unpaired) electrons. The number of unbranched alkanes of at least 4 members (excludes halogenated alkanes) is 2. The third-order valence-electron chi connectivity index (χ3n) is 3.04. The number of halogens is 1. The van der Waals surface area contributed by atoms with Crippen LogP contribution in [0.4, 0.5) is 4.39 Å².